The molecule has 0 radical (unpaired) electrons. The van der Waals surface area contributed by atoms with Gasteiger partial charge in [0, 0.05) is 22.5 Å². The molecule has 2 heterocycles. The summed E-state index contributed by atoms with van der Waals surface area (Å²) >= 11 is 0. The molecule has 0 bridgehead atoms. The lowest BCUT2D eigenvalue weighted by molar-refractivity contribution is 0.563. The van der Waals surface area contributed by atoms with Crippen LogP contribution in [0.2, 0.25) is 0 Å². The summed E-state index contributed by atoms with van der Waals surface area (Å²) in [7, 11) is 0. The number of aromatic nitrogens is 1. The van der Waals surface area contributed by atoms with E-state index in [1.54, 1.807) is 0 Å². The van der Waals surface area contributed by atoms with Crippen LogP contribution in [0.4, 0.5) is 0 Å². The molecule has 3 aromatic rings. The lowest BCUT2D eigenvalue weighted by Crippen LogP contribution is -1.98. The van der Waals surface area contributed by atoms with E-state index in [1.165, 1.54) is 6.07 Å². The average molecular weight is 225 g/mol. The maximum Gasteiger partial charge on any atom is 0.336 e. The first-order valence-corrected chi connectivity index (χ1v) is 5.46. The maximum absolute atomic E-state index is 11.4. The van der Waals surface area contributed by atoms with Crippen LogP contribution in [0.1, 0.15) is 11.3 Å². The van der Waals surface area contributed by atoms with Gasteiger partial charge in [0.2, 0.25) is 0 Å². The number of aryl methyl sites for hydroxylation is 2. The van der Waals surface area contributed by atoms with E-state index in [4.69, 9.17) is 4.42 Å². The highest BCUT2D eigenvalue weighted by atomic mass is 16.4. The van der Waals surface area contributed by atoms with Gasteiger partial charge in [0.05, 0.1) is 5.52 Å². The van der Waals surface area contributed by atoms with Crippen LogP contribution in [0.25, 0.3) is 21.9 Å². The first kappa shape index (κ1) is 10.0. The van der Waals surface area contributed by atoms with Gasteiger partial charge in [-0.25, -0.2) is 4.79 Å². The second-order valence-electron chi connectivity index (χ2n) is 4.21. The first-order valence-electron chi connectivity index (χ1n) is 5.46. The third kappa shape index (κ3) is 1.51. The summed E-state index contributed by atoms with van der Waals surface area (Å²) in [6, 6.07) is 9.28. The molecule has 1 aromatic carbocycles. The van der Waals surface area contributed by atoms with E-state index in [-0.39, 0.29) is 5.63 Å². The van der Waals surface area contributed by atoms with E-state index in [0.717, 1.165) is 27.5 Å². The van der Waals surface area contributed by atoms with Gasteiger partial charge in [-0.1, -0.05) is 0 Å². The Balaban J connectivity index is 2.59. The van der Waals surface area contributed by atoms with Gasteiger partial charge in [-0.2, -0.15) is 0 Å². The number of nitrogens with zero attached hydrogens (tertiary/aromatic N) is 1. The van der Waals surface area contributed by atoms with Crippen molar-refractivity contribution in [2.45, 2.75) is 13.8 Å². The van der Waals surface area contributed by atoms with E-state index >= 15 is 0 Å². The molecule has 2 aromatic heterocycles. The quantitative estimate of drug-likeness (QED) is 0.436. The van der Waals surface area contributed by atoms with Gasteiger partial charge < -0.3 is 4.42 Å². The normalized spacial score (nSPS) is 11.2. The average Bonchev–Trinajstić information content (AvgIpc) is 2.27. The Labute approximate surface area is 97.7 Å². The third-order valence-electron chi connectivity index (χ3n) is 2.92. The highest BCUT2D eigenvalue weighted by Crippen LogP contribution is 2.25. The molecule has 0 aliphatic rings. The zero-order valence-corrected chi connectivity index (χ0v) is 9.65. The summed E-state index contributed by atoms with van der Waals surface area (Å²) < 4.78 is 5.30. The molecule has 0 atom stereocenters. The van der Waals surface area contributed by atoms with Crippen molar-refractivity contribution in [3.8, 4) is 0 Å². The maximum atomic E-state index is 11.4. The van der Waals surface area contributed by atoms with E-state index in [2.05, 4.69) is 4.98 Å². The fourth-order valence-corrected chi connectivity index (χ4v) is 2.08. The molecule has 17 heavy (non-hydrogen) atoms. The van der Waals surface area contributed by atoms with Crippen molar-refractivity contribution in [2.24, 2.45) is 0 Å². The van der Waals surface area contributed by atoms with E-state index in [9.17, 15) is 4.79 Å². The molecule has 0 saturated heterocycles. The monoisotopic (exact) mass is 225 g/mol. The van der Waals surface area contributed by atoms with Crippen molar-refractivity contribution < 1.29 is 4.42 Å². The van der Waals surface area contributed by atoms with Gasteiger partial charge in [0.1, 0.15) is 5.58 Å². The molecule has 0 saturated carbocycles. The lowest BCUT2D eigenvalue weighted by Gasteiger charge is -2.04. The van der Waals surface area contributed by atoms with Crippen LogP contribution in [-0.4, -0.2) is 4.98 Å². The zero-order valence-electron chi connectivity index (χ0n) is 9.65. The van der Waals surface area contributed by atoms with Gasteiger partial charge in [-0.3, -0.25) is 4.98 Å². The van der Waals surface area contributed by atoms with Crippen molar-refractivity contribution in [2.75, 3.05) is 0 Å². The predicted octanol–water partition coefficient (Wildman–Crippen LogP) is 2.96. The van der Waals surface area contributed by atoms with E-state index < -0.39 is 0 Å². The molecular formula is C14H11NO2. The Bertz CT molecular complexity index is 787. The van der Waals surface area contributed by atoms with Crippen LogP contribution in [0.5, 0.6) is 0 Å². The van der Waals surface area contributed by atoms with Crippen LogP contribution in [-0.2, 0) is 0 Å². The van der Waals surface area contributed by atoms with Gasteiger partial charge in [0.25, 0.3) is 0 Å². The van der Waals surface area contributed by atoms with Crippen molar-refractivity contribution in [3.05, 3.63) is 52.0 Å². The first-order chi connectivity index (χ1) is 8.15. The molecule has 3 nitrogen and oxygen atoms in total. The molecule has 0 N–H and O–H groups in total. The zero-order chi connectivity index (χ0) is 12.0. The van der Waals surface area contributed by atoms with Crippen LogP contribution >= 0.6 is 0 Å². The Kier molecular flexibility index (Phi) is 2.01. The number of pyridine rings is 1. The third-order valence-corrected chi connectivity index (χ3v) is 2.92. The minimum atomic E-state index is -0.317. The Morgan fingerprint density at radius 3 is 2.65 bits per heavy atom. The molecule has 0 fully saturated rings. The summed E-state index contributed by atoms with van der Waals surface area (Å²) in [5.41, 5.74) is 3.04. The standard InChI is InChI=1S/C14H11NO2/c1-8-7-13(16)17-14-10(8)5-6-12-11(14)4-3-9(2)15-12/h3-7H,1-2H3. The molecule has 3 rings (SSSR count). The second-order valence-corrected chi connectivity index (χ2v) is 4.21. The van der Waals surface area contributed by atoms with E-state index in [0.29, 0.717) is 5.58 Å². The molecule has 0 amide bonds. The Morgan fingerprint density at radius 2 is 1.82 bits per heavy atom. The number of fused-ring (bicyclic) bond motifs is 3. The van der Waals surface area contributed by atoms with E-state index in [1.807, 2.05) is 38.1 Å². The summed E-state index contributed by atoms with van der Waals surface area (Å²) in [6.07, 6.45) is 0. The van der Waals surface area contributed by atoms with Gasteiger partial charge >= 0.3 is 5.63 Å². The summed E-state index contributed by atoms with van der Waals surface area (Å²) in [4.78, 5) is 15.9. The molecular weight excluding hydrogens is 214 g/mol. The minimum absolute atomic E-state index is 0.317. The molecule has 0 spiro atoms. The number of benzene rings is 1. The Morgan fingerprint density at radius 1 is 1.06 bits per heavy atom. The van der Waals surface area contributed by atoms with Crippen molar-refractivity contribution in [3.63, 3.8) is 0 Å². The summed E-state index contributed by atoms with van der Waals surface area (Å²) in [5, 5.41) is 1.84. The summed E-state index contributed by atoms with van der Waals surface area (Å²) in [5.74, 6) is 0. The van der Waals surface area contributed by atoms with Gasteiger partial charge in [-0.15, -0.1) is 0 Å². The van der Waals surface area contributed by atoms with Gasteiger partial charge in [0.15, 0.2) is 0 Å². The molecule has 0 aliphatic heterocycles. The van der Waals surface area contributed by atoms with Crippen LogP contribution < -0.4 is 5.63 Å². The largest absolute Gasteiger partial charge is 0.422 e. The number of hydrogen-bond acceptors (Lipinski definition) is 3. The molecule has 84 valence electrons. The topological polar surface area (TPSA) is 43.1 Å². The predicted molar refractivity (Wildman–Crippen MR) is 67.3 cm³/mol. The number of hydrogen-bond donors (Lipinski definition) is 0. The fourth-order valence-electron chi connectivity index (χ4n) is 2.08. The highest BCUT2D eigenvalue weighted by molar-refractivity contribution is 6.03. The smallest absolute Gasteiger partial charge is 0.336 e. The van der Waals surface area contributed by atoms with Crippen LogP contribution in [0, 0.1) is 13.8 Å². The van der Waals surface area contributed by atoms with Crippen molar-refractivity contribution >= 4 is 21.9 Å². The summed E-state index contributed by atoms with van der Waals surface area (Å²) in [6.45, 7) is 3.85. The highest BCUT2D eigenvalue weighted by Gasteiger charge is 2.07. The van der Waals surface area contributed by atoms with Gasteiger partial charge in [-0.05, 0) is 43.7 Å². The number of rotatable bonds is 0. The molecule has 0 unspecified atom stereocenters. The minimum Gasteiger partial charge on any atom is -0.422 e. The lowest BCUT2D eigenvalue weighted by atomic mass is 10.1. The van der Waals surface area contributed by atoms with Crippen LogP contribution in [0.3, 0.4) is 0 Å². The molecule has 3 heteroatoms. The molecule has 0 aliphatic carbocycles. The SMILES string of the molecule is Cc1ccc2c(ccc3c(C)cc(=O)oc32)n1. The fraction of sp³-hybridized carbons (Fsp3) is 0.143. The van der Waals surface area contributed by atoms with Crippen LogP contribution in [0.15, 0.2) is 39.5 Å². The Hall–Kier alpha value is -2.16. The second kappa shape index (κ2) is 3.42. The van der Waals surface area contributed by atoms with Crippen molar-refractivity contribution in [1.82, 2.24) is 4.98 Å². The van der Waals surface area contributed by atoms with Crippen molar-refractivity contribution in [1.29, 1.82) is 0 Å².